The van der Waals surface area contributed by atoms with E-state index in [1.165, 1.54) is 6.92 Å². The van der Waals surface area contributed by atoms with E-state index in [4.69, 9.17) is 9.47 Å². The first-order chi connectivity index (χ1) is 10.6. The lowest BCUT2D eigenvalue weighted by atomic mass is 10.2. The van der Waals surface area contributed by atoms with Gasteiger partial charge in [-0.25, -0.2) is 4.98 Å². The van der Waals surface area contributed by atoms with E-state index in [0.29, 0.717) is 22.9 Å². The molecule has 1 aromatic heterocycles. The van der Waals surface area contributed by atoms with E-state index in [9.17, 15) is 9.90 Å². The molecule has 0 unspecified atom stereocenters. The molecule has 6 nitrogen and oxygen atoms in total. The zero-order chi connectivity index (χ0) is 15.9. The number of amides is 1. The molecule has 2 N–H and O–H groups in total. The van der Waals surface area contributed by atoms with E-state index in [2.05, 4.69) is 10.3 Å². The molecule has 0 bridgehead atoms. The van der Waals surface area contributed by atoms with E-state index < -0.39 is 12.0 Å². The minimum absolute atomic E-state index is 0.210. The lowest BCUT2D eigenvalue weighted by Crippen LogP contribution is -2.32. The second-order valence-corrected chi connectivity index (χ2v) is 4.61. The van der Waals surface area contributed by atoms with Gasteiger partial charge in [-0.05, 0) is 25.1 Å². The molecular formula is C16H18N2O4. The van der Waals surface area contributed by atoms with Crippen molar-refractivity contribution >= 4 is 5.91 Å². The molecular weight excluding hydrogens is 284 g/mol. The molecule has 1 atom stereocenters. The predicted molar refractivity (Wildman–Crippen MR) is 80.8 cm³/mol. The van der Waals surface area contributed by atoms with Crippen molar-refractivity contribution in [1.82, 2.24) is 10.3 Å². The van der Waals surface area contributed by atoms with Crippen molar-refractivity contribution in [1.29, 1.82) is 0 Å². The topological polar surface area (TPSA) is 80.7 Å². The number of aromatic nitrogens is 1. The first-order valence-corrected chi connectivity index (χ1v) is 6.82. The van der Waals surface area contributed by atoms with Crippen LogP contribution >= 0.6 is 0 Å². The lowest BCUT2D eigenvalue weighted by Gasteiger charge is -2.13. The van der Waals surface area contributed by atoms with E-state index >= 15 is 0 Å². The van der Waals surface area contributed by atoms with Crippen molar-refractivity contribution in [2.75, 3.05) is 7.11 Å². The number of ether oxygens (including phenoxy) is 2. The van der Waals surface area contributed by atoms with Crippen LogP contribution in [-0.4, -0.2) is 29.2 Å². The molecule has 0 aliphatic rings. The van der Waals surface area contributed by atoms with E-state index in [1.54, 1.807) is 37.6 Å². The number of aliphatic hydroxyl groups excluding tert-OH is 1. The molecule has 0 aliphatic carbocycles. The summed E-state index contributed by atoms with van der Waals surface area (Å²) in [4.78, 5) is 15.6. The van der Waals surface area contributed by atoms with Gasteiger partial charge in [0.1, 0.15) is 6.10 Å². The van der Waals surface area contributed by atoms with Gasteiger partial charge in [0.05, 0.1) is 7.11 Å². The van der Waals surface area contributed by atoms with Gasteiger partial charge in [-0.3, -0.25) is 4.79 Å². The number of methoxy groups -OCH3 is 1. The number of pyridine rings is 1. The molecule has 0 saturated carbocycles. The van der Waals surface area contributed by atoms with Gasteiger partial charge in [0.25, 0.3) is 0 Å². The van der Waals surface area contributed by atoms with Crippen LogP contribution in [0.1, 0.15) is 12.5 Å². The normalized spacial score (nSPS) is 11.6. The van der Waals surface area contributed by atoms with Crippen molar-refractivity contribution in [3.05, 3.63) is 48.2 Å². The summed E-state index contributed by atoms with van der Waals surface area (Å²) in [6.07, 6.45) is 0.542. The minimum atomic E-state index is -1.06. The van der Waals surface area contributed by atoms with Crippen molar-refractivity contribution < 1.29 is 19.4 Å². The monoisotopic (exact) mass is 302 g/mol. The molecule has 6 heteroatoms. The van der Waals surface area contributed by atoms with Crippen molar-refractivity contribution in [2.24, 2.45) is 0 Å². The molecule has 116 valence electrons. The van der Waals surface area contributed by atoms with E-state index in [-0.39, 0.29) is 6.54 Å². The Kier molecular flexibility index (Phi) is 5.32. The van der Waals surface area contributed by atoms with E-state index in [0.717, 1.165) is 0 Å². The predicted octanol–water partition coefficient (Wildman–Crippen LogP) is 1.88. The van der Waals surface area contributed by atoms with Gasteiger partial charge >= 0.3 is 0 Å². The first kappa shape index (κ1) is 15.8. The number of hydrogen-bond acceptors (Lipinski definition) is 5. The highest BCUT2D eigenvalue weighted by Crippen LogP contribution is 2.31. The smallest absolute Gasteiger partial charge is 0.248 e. The molecule has 0 radical (unpaired) electrons. The summed E-state index contributed by atoms with van der Waals surface area (Å²) in [7, 11) is 1.56. The zero-order valence-electron chi connectivity index (χ0n) is 12.4. The van der Waals surface area contributed by atoms with Crippen LogP contribution in [-0.2, 0) is 11.3 Å². The average molecular weight is 302 g/mol. The van der Waals surface area contributed by atoms with Crippen LogP contribution in [0.25, 0.3) is 0 Å². The fourth-order valence-corrected chi connectivity index (χ4v) is 1.79. The zero-order valence-corrected chi connectivity index (χ0v) is 12.4. The van der Waals surface area contributed by atoms with Crippen molar-refractivity contribution in [3.63, 3.8) is 0 Å². The van der Waals surface area contributed by atoms with Crippen LogP contribution in [0.5, 0.6) is 17.4 Å². The standard InChI is InChI=1S/C16H18N2O4/c1-11(19)15(20)18-10-12-6-5-9-17-16(12)22-14-8-4-3-7-13(14)21-2/h3-9,11,19H,10H2,1-2H3,(H,18,20)/t11-/m0/s1. The highest BCUT2D eigenvalue weighted by atomic mass is 16.5. The molecule has 0 saturated heterocycles. The van der Waals surface area contributed by atoms with Gasteiger partial charge in [0.15, 0.2) is 11.5 Å². The molecule has 1 amide bonds. The number of nitrogens with zero attached hydrogens (tertiary/aromatic N) is 1. The molecule has 22 heavy (non-hydrogen) atoms. The molecule has 0 spiro atoms. The summed E-state index contributed by atoms with van der Waals surface area (Å²) in [6, 6.07) is 10.8. The number of para-hydroxylation sites is 2. The number of carbonyl (C=O) groups is 1. The third-order valence-electron chi connectivity index (χ3n) is 2.96. The Morgan fingerprint density at radius 1 is 1.27 bits per heavy atom. The molecule has 2 aromatic rings. The maximum absolute atomic E-state index is 11.4. The van der Waals surface area contributed by atoms with E-state index in [1.807, 2.05) is 12.1 Å². The number of benzene rings is 1. The number of rotatable bonds is 6. The fourth-order valence-electron chi connectivity index (χ4n) is 1.79. The van der Waals surface area contributed by atoms with Crippen molar-refractivity contribution in [3.8, 4) is 17.4 Å². The second kappa shape index (κ2) is 7.42. The SMILES string of the molecule is COc1ccccc1Oc1ncccc1CNC(=O)[C@H](C)O. The van der Waals surface area contributed by atoms with Crippen LogP contribution in [0.3, 0.4) is 0 Å². The van der Waals surface area contributed by atoms with Crippen LogP contribution in [0.2, 0.25) is 0 Å². The molecule has 1 heterocycles. The average Bonchev–Trinajstić information content (AvgIpc) is 2.54. The molecule has 0 fully saturated rings. The fraction of sp³-hybridized carbons (Fsp3) is 0.250. The summed E-state index contributed by atoms with van der Waals surface area (Å²) in [6.45, 7) is 1.62. The number of nitrogens with one attached hydrogen (secondary N) is 1. The maximum Gasteiger partial charge on any atom is 0.248 e. The quantitative estimate of drug-likeness (QED) is 0.851. The molecule has 2 rings (SSSR count). The Hall–Kier alpha value is -2.60. The molecule has 1 aromatic carbocycles. The molecule has 0 aliphatic heterocycles. The summed E-state index contributed by atoms with van der Waals surface area (Å²) in [5.74, 6) is 1.05. The van der Waals surface area contributed by atoms with Gasteiger partial charge in [-0.15, -0.1) is 0 Å². The van der Waals surface area contributed by atoms with Gasteiger partial charge in [0.2, 0.25) is 11.8 Å². The first-order valence-electron chi connectivity index (χ1n) is 6.82. The Labute approximate surface area is 128 Å². The lowest BCUT2D eigenvalue weighted by molar-refractivity contribution is -0.128. The maximum atomic E-state index is 11.4. The van der Waals surface area contributed by atoms with Crippen LogP contribution in [0, 0.1) is 0 Å². The highest BCUT2D eigenvalue weighted by Gasteiger charge is 2.12. The van der Waals surface area contributed by atoms with Gasteiger partial charge in [-0.2, -0.15) is 0 Å². The van der Waals surface area contributed by atoms with Gasteiger partial charge in [0, 0.05) is 18.3 Å². The Balaban J connectivity index is 2.16. The second-order valence-electron chi connectivity index (χ2n) is 4.61. The summed E-state index contributed by atoms with van der Waals surface area (Å²) in [5, 5.41) is 11.8. The summed E-state index contributed by atoms with van der Waals surface area (Å²) in [5.41, 5.74) is 0.697. The van der Waals surface area contributed by atoms with Crippen LogP contribution < -0.4 is 14.8 Å². The van der Waals surface area contributed by atoms with Gasteiger partial charge in [-0.1, -0.05) is 18.2 Å². The largest absolute Gasteiger partial charge is 0.493 e. The third kappa shape index (κ3) is 3.95. The Morgan fingerprint density at radius 2 is 2.00 bits per heavy atom. The van der Waals surface area contributed by atoms with Crippen molar-refractivity contribution in [2.45, 2.75) is 19.6 Å². The van der Waals surface area contributed by atoms with Crippen LogP contribution in [0.15, 0.2) is 42.6 Å². The summed E-state index contributed by atoms with van der Waals surface area (Å²) < 4.78 is 11.0. The highest BCUT2D eigenvalue weighted by molar-refractivity contribution is 5.79. The number of aliphatic hydroxyl groups is 1. The Bertz CT molecular complexity index is 644. The Morgan fingerprint density at radius 3 is 2.68 bits per heavy atom. The third-order valence-corrected chi connectivity index (χ3v) is 2.96. The number of carbonyl (C=O) groups excluding carboxylic acids is 1. The van der Waals surface area contributed by atoms with Crippen LogP contribution in [0.4, 0.5) is 0 Å². The number of hydrogen-bond donors (Lipinski definition) is 2. The summed E-state index contributed by atoms with van der Waals surface area (Å²) >= 11 is 0. The van der Waals surface area contributed by atoms with Gasteiger partial charge < -0.3 is 19.9 Å². The minimum Gasteiger partial charge on any atom is -0.493 e.